The van der Waals surface area contributed by atoms with Crippen molar-refractivity contribution in [1.82, 2.24) is 9.66 Å². The molecule has 0 atom stereocenters. The van der Waals surface area contributed by atoms with Crippen molar-refractivity contribution in [2.75, 3.05) is 11.4 Å². The van der Waals surface area contributed by atoms with E-state index in [2.05, 4.69) is 58.3 Å². The zero-order chi connectivity index (χ0) is 20.1. The van der Waals surface area contributed by atoms with E-state index in [-0.39, 0.29) is 5.56 Å². The van der Waals surface area contributed by atoms with E-state index in [1.165, 1.54) is 16.6 Å². The first-order valence-electron chi connectivity index (χ1n) is 9.64. The van der Waals surface area contributed by atoms with Gasteiger partial charge in [0.15, 0.2) is 0 Å². The molecular weight excluding hydrogens is 360 g/mol. The average Bonchev–Trinajstić information content (AvgIpc) is 2.78. The van der Waals surface area contributed by atoms with Gasteiger partial charge in [0, 0.05) is 18.8 Å². The molecule has 3 aromatic carbocycles. The molecular formula is C24H22N4O. The third-order valence-electron chi connectivity index (χ3n) is 4.84. The number of para-hydroxylation sites is 1. The van der Waals surface area contributed by atoms with Gasteiger partial charge in [-0.2, -0.15) is 9.78 Å². The summed E-state index contributed by atoms with van der Waals surface area (Å²) in [6.07, 6.45) is 3.13. The molecule has 0 amide bonds. The van der Waals surface area contributed by atoms with E-state index in [4.69, 9.17) is 0 Å². The molecule has 5 heteroatoms. The highest BCUT2D eigenvalue weighted by Crippen LogP contribution is 2.17. The first-order valence-corrected chi connectivity index (χ1v) is 9.64. The molecule has 0 aliphatic carbocycles. The highest BCUT2D eigenvalue weighted by atomic mass is 16.1. The van der Waals surface area contributed by atoms with Gasteiger partial charge in [0.1, 0.15) is 6.33 Å². The van der Waals surface area contributed by atoms with Gasteiger partial charge < -0.3 is 4.90 Å². The third-order valence-corrected chi connectivity index (χ3v) is 4.84. The maximum Gasteiger partial charge on any atom is 0.281 e. The summed E-state index contributed by atoms with van der Waals surface area (Å²) in [4.78, 5) is 19.1. The van der Waals surface area contributed by atoms with Crippen molar-refractivity contribution >= 4 is 22.8 Å². The second-order valence-corrected chi connectivity index (χ2v) is 6.75. The molecule has 29 heavy (non-hydrogen) atoms. The lowest BCUT2D eigenvalue weighted by molar-refractivity contribution is 0.817. The van der Waals surface area contributed by atoms with Gasteiger partial charge in [0.05, 0.1) is 17.1 Å². The fraction of sp³-hybridized carbons (Fsp3) is 0.125. The quantitative estimate of drug-likeness (QED) is 0.467. The minimum Gasteiger partial charge on any atom is -0.367 e. The van der Waals surface area contributed by atoms with Crippen LogP contribution in [0.1, 0.15) is 18.1 Å². The van der Waals surface area contributed by atoms with E-state index in [1.54, 1.807) is 12.3 Å². The Bertz CT molecular complexity index is 1180. The lowest BCUT2D eigenvalue weighted by Crippen LogP contribution is -2.21. The highest BCUT2D eigenvalue weighted by molar-refractivity contribution is 5.81. The molecule has 0 saturated heterocycles. The fourth-order valence-corrected chi connectivity index (χ4v) is 3.23. The summed E-state index contributed by atoms with van der Waals surface area (Å²) in [5.74, 6) is 0. The van der Waals surface area contributed by atoms with Gasteiger partial charge in [-0.1, -0.05) is 54.6 Å². The minimum atomic E-state index is -0.177. The first-order chi connectivity index (χ1) is 14.2. The SMILES string of the molecule is CCN(Cc1ccccc1)c1ccc(/C=N\n2cnc3ccccc3c2=O)cc1. The molecule has 0 saturated carbocycles. The third kappa shape index (κ3) is 4.24. The molecule has 4 aromatic rings. The maximum absolute atomic E-state index is 12.5. The van der Waals surface area contributed by atoms with Gasteiger partial charge in [0.2, 0.25) is 0 Å². The summed E-state index contributed by atoms with van der Waals surface area (Å²) in [6.45, 7) is 3.93. The number of hydrogen-bond acceptors (Lipinski definition) is 4. The Hall–Kier alpha value is -3.73. The zero-order valence-electron chi connectivity index (χ0n) is 16.3. The van der Waals surface area contributed by atoms with Gasteiger partial charge >= 0.3 is 0 Å². The summed E-state index contributed by atoms with van der Waals surface area (Å²) >= 11 is 0. The van der Waals surface area contributed by atoms with Crippen LogP contribution in [0.2, 0.25) is 0 Å². The first kappa shape index (κ1) is 18.6. The largest absolute Gasteiger partial charge is 0.367 e. The molecule has 0 N–H and O–H groups in total. The van der Waals surface area contributed by atoms with Crippen molar-refractivity contribution < 1.29 is 0 Å². The van der Waals surface area contributed by atoms with Crippen molar-refractivity contribution in [3.8, 4) is 0 Å². The van der Waals surface area contributed by atoms with Crippen LogP contribution in [0.4, 0.5) is 5.69 Å². The highest BCUT2D eigenvalue weighted by Gasteiger charge is 2.05. The second-order valence-electron chi connectivity index (χ2n) is 6.75. The van der Waals surface area contributed by atoms with E-state index in [9.17, 15) is 4.79 Å². The molecule has 5 nitrogen and oxygen atoms in total. The fourth-order valence-electron chi connectivity index (χ4n) is 3.23. The monoisotopic (exact) mass is 382 g/mol. The van der Waals surface area contributed by atoms with E-state index in [0.29, 0.717) is 10.9 Å². The average molecular weight is 382 g/mol. The van der Waals surface area contributed by atoms with Gasteiger partial charge in [0.25, 0.3) is 5.56 Å². The van der Waals surface area contributed by atoms with E-state index in [0.717, 1.165) is 24.3 Å². The smallest absolute Gasteiger partial charge is 0.281 e. The molecule has 0 spiro atoms. The number of aromatic nitrogens is 2. The summed E-state index contributed by atoms with van der Waals surface area (Å²) < 4.78 is 1.27. The number of hydrogen-bond donors (Lipinski definition) is 0. The molecule has 4 rings (SSSR count). The van der Waals surface area contributed by atoms with Crippen LogP contribution in [0.5, 0.6) is 0 Å². The molecule has 0 aliphatic rings. The summed E-state index contributed by atoms with van der Waals surface area (Å²) in [7, 11) is 0. The predicted octanol–water partition coefficient (Wildman–Crippen LogP) is 4.31. The van der Waals surface area contributed by atoms with Crippen molar-refractivity contribution in [3.05, 3.63) is 107 Å². The number of benzene rings is 3. The molecule has 1 heterocycles. The molecule has 0 unspecified atom stereocenters. The van der Waals surface area contributed by atoms with Gasteiger partial charge in [-0.25, -0.2) is 4.98 Å². The Kier molecular flexibility index (Phi) is 5.47. The zero-order valence-corrected chi connectivity index (χ0v) is 16.3. The van der Waals surface area contributed by atoms with Gasteiger partial charge in [-0.05, 0) is 42.3 Å². The number of fused-ring (bicyclic) bond motifs is 1. The Morgan fingerprint density at radius 1 is 0.966 bits per heavy atom. The van der Waals surface area contributed by atoms with Crippen LogP contribution in [0, 0.1) is 0 Å². The van der Waals surface area contributed by atoms with Crippen molar-refractivity contribution in [2.24, 2.45) is 5.10 Å². The van der Waals surface area contributed by atoms with Crippen molar-refractivity contribution in [2.45, 2.75) is 13.5 Å². The number of nitrogens with zero attached hydrogens (tertiary/aromatic N) is 4. The molecule has 0 aliphatic heterocycles. The van der Waals surface area contributed by atoms with Crippen LogP contribution in [-0.4, -0.2) is 22.4 Å². The maximum atomic E-state index is 12.5. The van der Waals surface area contributed by atoms with Crippen LogP contribution in [0.15, 0.2) is 95.1 Å². The Morgan fingerprint density at radius 2 is 1.69 bits per heavy atom. The predicted molar refractivity (Wildman–Crippen MR) is 119 cm³/mol. The molecule has 0 fully saturated rings. The minimum absolute atomic E-state index is 0.177. The lowest BCUT2D eigenvalue weighted by Gasteiger charge is -2.23. The normalized spacial score (nSPS) is 11.2. The van der Waals surface area contributed by atoms with Crippen LogP contribution >= 0.6 is 0 Å². The van der Waals surface area contributed by atoms with Crippen LogP contribution in [-0.2, 0) is 6.54 Å². The number of anilines is 1. The van der Waals surface area contributed by atoms with E-state index < -0.39 is 0 Å². The van der Waals surface area contributed by atoms with Gasteiger partial charge in [-0.3, -0.25) is 4.79 Å². The Balaban J connectivity index is 1.52. The van der Waals surface area contributed by atoms with Crippen LogP contribution in [0.3, 0.4) is 0 Å². The summed E-state index contributed by atoms with van der Waals surface area (Å²) in [6, 6.07) is 25.9. The molecule has 144 valence electrons. The Labute approximate surface area is 169 Å². The standard InChI is InChI=1S/C24H22N4O/c1-2-27(17-20-8-4-3-5-9-20)21-14-12-19(13-15-21)16-26-28-18-25-23-11-7-6-10-22(23)24(28)29/h3-16,18H,2,17H2,1H3/b26-16-. The molecule has 1 aromatic heterocycles. The second kappa shape index (κ2) is 8.52. The number of rotatable bonds is 6. The van der Waals surface area contributed by atoms with E-state index >= 15 is 0 Å². The summed E-state index contributed by atoms with van der Waals surface area (Å²) in [5, 5.41) is 4.85. The topological polar surface area (TPSA) is 50.5 Å². The molecule has 0 bridgehead atoms. The Morgan fingerprint density at radius 3 is 2.45 bits per heavy atom. The van der Waals surface area contributed by atoms with Crippen molar-refractivity contribution in [1.29, 1.82) is 0 Å². The van der Waals surface area contributed by atoms with Crippen LogP contribution in [0.25, 0.3) is 10.9 Å². The van der Waals surface area contributed by atoms with E-state index in [1.807, 2.05) is 36.4 Å². The van der Waals surface area contributed by atoms with Crippen molar-refractivity contribution in [3.63, 3.8) is 0 Å². The summed E-state index contributed by atoms with van der Waals surface area (Å²) in [5.41, 5.74) is 3.85. The lowest BCUT2D eigenvalue weighted by atomic mass is 10.1. The van der Waals surface area contributed by atoms with Crippen LogP contribution < -0.4 is 10.5 Å². The van der Waals surface area contributed by atoms with Gasteiger partial charge in [-0.15, -0.1) is 0 Å². The molecule has 0 radical (unpaired) electrons.